The Morgan fingerprint density at radius 3 is 1.93 bits per heavy atom. The van der Waals surface area contributed by atoms with E-state index < -0.39 is 17.9 Å². The highest BCUT2D eigenvalue weighted by atomic mass is 19.1. The SMILES string of the molecule is COC(=O)C(N=C(c1ccccc1)c1ccccc1)C(C)c1c(F)ccc(C)c1C. The molecule has 2 unspecified atom stereocenters. The normalized spacial score (nSPS) is 12.7. The Labute approximate surface area is 177 Å². The predicted molar refractivity (Wildman–Crippen MR) is 119 cm³/mol. The summed E-state index contributed by atoms with van der Waals surface area (Å²) in [6, 6.07) is 21.7. The average Bonchev–Trinajstić information content (AvgIpc) is 2.78. The molecule has 3 aromatic rings. The van der Waals surface area contributed by atoms with Crippen LogP contribution in [0.25, 0.3) is 0 Å². The minimum Gasteiger partial charge on any atom is -0.467 e. The lowest BCUT2D eigenvalue weighted by molar-refractivity contribution is -0.142. The molecule has 3 rings (SSSR count). The topological polar surface area (TPSA) is 38.7 Å². The van der Waals surface area contributed by atoms with Gasteiger partial charge in [-0.2, -0.15) is 0 Å². The van der Waals surface area contributed by atoms with Crippen molar-refractivity contribution in [2.75, 3.05) is 7.11 Å². The number of rotatable bonds is 6. The molecular formula is C26H26FNO2. The number of esters is 1. The van der Waals surface area contributed by atoms with E-state index in [9.17, 15) is 9.18 Å². The van der Waals surface area contributed by atoms with E-state index in [1.54, 1.807) is 6.07 Å². The number of halogens is 1. The molecule has 0 amide bonds. The second-order valence-corrected chi connectivity index (χ2v) is 7.37. The summed E-state index contributed by atoms with van der Waals surface area (Å²) < 4.78 is 19.9. The minimum atomic E-state index is -0.889. The maximum absolute atomic E-state index is 14.8. The number of ether oxygens (including phenoxy) is 1. The van der Waals surface area contributed by atoms with Crippen LogP contribution in [0.1, 0.15) is 40.7 Å². The number of nitrogens with zero attached hydrogens (tertiary/aromatic N) is 1. The summed E-state index contributed by atoms with van der Waals surface area (Å²) in [5, 5.41) is 0. The molecule has 4 heteroatoms. The van der Waals surface area contributed by atoms with E-state index in [0.717, 1.165) is 22.3 Å². The Balaban J connectivity index is 2.18. The quantitative estimate of drug-likeness (QED) is 0.395. The second kappa shape index (κ2) is 9.49. The lowest BCUT2D eigenvalue weighted by Crippen LogP contribution is -2.29. The monoisotopic (exact) mass is 403 g/mol. The molecule has 0 aromatic heterocycles. The molecule has 0 N–H and O–H groups in total. The van der Waals surface area contributed by atoms with Crippen molar-refractivity contribution in [3.05, 3.63) is 106 Å². The van der Waals surface area contributed by atoms with E-state index in [1.807, 2.05) is 81.4 Å². The van der Waals surface area contributed by atoms with E-state index in [1.165, 1.54) is 13.2 Å². The molecule has 0 saturated carbocycles. The molecule has 3 aromatic carbocycles. The van der Waals surface area contributed by atoms with E-state index >= 15 is 0 Å². The standard InChI is InChI=1S/C26H26FNO2/c1-17-15-16-22(27)23(18(17)2)19(3)24(26(29)30-4)28-25(20-11-7-5-8-12-20)21-13-9-6-10-14-21/h5-16,19,24H,1-4H3. The maximum Gasteiger partial charge on any atom is 0.331 e. The summed E-state index contributed by atoms with van der Waals surface area (Å²) in [6.07, 6.45) is 0. The van der Waals surface area contributed by atoms with E-state index in [-0.39, 0.29) is 5.82 Å². The van der Waals surface area contributed by atoms with Crippen LogP contribution in [0.4, 0.5) is 4.39 Å². The highest BCUT2D eigenvalue weighted by Gasteiger charge is 2.31. The summed E-state index contributed by atoms with van der Waals surface area (Å²) in [5.74, 6) is -1.33. The number of aryl methyl sites for hydroxylation is 1. The third-order valence-corrected chi connectivity index (χ3v) is 5.47. The smallest absolute Gasteiger partial charge is 0.331 e. The van der Waals surface area contributed by atoms with Gasteiger partial charge in [0.1, 0.15) is 5.82 Å². The Bertz CT molecular complexity index is 1000. The number of hydrogen-bond donors (Lipinski definition) is 0. The van der Waals surface area contributed by atoms with Crippen LogP contribution < -0.4 is 0 Å². The summed E-state index contributed by atoms with van der Waals surface area (Å²) in [6.45, 7) is 5.63. The van der Waals surface area contributed by atoms with Crippen molar-refractivity contribution in [2.45, 2.75) is 32.7 Å². The fourth-order valence-corrected chi connectivity index (χ4v) is 3.66. The lowest BCUT2D eigenvalue weighted by Gasteiger charge is -2.23. The van der Waals surface area contributed by atoms with E-state index in [2.05, 4.69) is 0 Å². The van der Waals surface area contributed by atoms with Crippen molar-refractivity contribution in [3.63, 3.8) is 0 Å². The van der Waals surface area contributed by atoms with Crippen molar-refractivity contribution < 1.29 is 13.9 Å². The summed E-state index contributed by atoms with van der Waals surface area (Å²) >= 11 is 0. The molecule has 0 spiro atoms. The first-order valence-corrected chi connectivity index (χ1v) is 9.96. The Kier molecular flexibility index (Phi) is 6.78. The highest BCUT2D eigenvalue weighted by molar-refractivity contribution is 6.13. The zero-order chi connectivity index (χ0) is 21.7. The number of benzene rings is 3. The van der Waals surface area contributed by atoms with Crippen molar-refractivity contribution in [1.82, 2.24) is 0 Å². The van der Waals surface area contributed by atoms with Gasteiger partial charge in [-0.15, -0.1) is 0 Å². The van der Waals surface area contributed by atoms with Crippen LogP contribution in [0.5, 0.6) is 0 Å². The molecule has 0 bridgehead atoms. The van der Waals surface area contributed by atoms with Gasteiger partial charge in [0.25, 0.3) is 0 Å². The van der Waals surface area contributed by atoms with Gasteiger partial charge in [0.15, 0.2) is 6.04 Å². The molecular weight excluding hydrogens is 377 g/mol. The Hall–Kier alpha value is -3.27. The molecule has 154 valence electrons. The first-order valence-electron chi connectivity index (χ1n) is 9.96. The van der Waals surface area contributed by atoms with Gasteiger partial charge in [-0.1, -0.05) is 73.7 Å². The molecule has 0 saturated heterocycles. The van der Waals surface area contributed by atoms with Gasteiger partial charge in [0.05, 0.1) is 12.8 Å². The fraction of sp³-hybridized carbons (Fsp3) is 0.231. The molecule has 30 heavy (non-hydrogen) atoms. The van der Waals surface area contributed by atoms with Gasteiger partial charge in [0, 0.05) is 17.0 Å². The number of carbonyl (C=O) groups is 1. The minimum absolute atomic E-state index is 0.337. The Morgan fingerprint density at radius 2 is 1.43 bits per heavy atom. The van der Waals surface area contributed by atoms with Gasteiger partial charge >= 0.3 is 5.97 Å². The van der Waals surface area contributed by atoms with Crippen LogP contribution in [-0.2, 0) is 9.53 Å². The van der Waals surface area contributed by atoms with Gasteiger partial charge in [0.2, 0.25) is 0 Å². The Morgan fingerprint density at radius 1 is 0.900 bits per heavy atom. The summed E-state index contributed by atoms with van der Waals surface area (Å²) in [5.41, 5.74) is 4.72. The van der Waals surface area contributed by atoms with Crippen molar-refractivity contribution in [1.29, 1.82) is 0 Å². The summed E-state index contributed by atoms with van der Waals surface area (Å²) in [4.78, 5) is 17.6. The molecule has 0 radical (unpaired) electrons. The van der Waals surface area contributed by atoms with Crippen molar-refractivity contribution >= 4 is 11.7 Å². The number of aliphatic imine (C=N–C) groups is 1. The zero-order valence-corrected chi connectivity index (χ0v) is 17.7. The fourth-order valence-electron chi connectivity index (χ4n) is 3.66. The molecule has 0 aliphatic carbocycles. The molecule has 0 heterocycles. The van der Waals surface area contributed by atoms with Crippen LogP contribution in [0, 0.1) is 19.7 Å². The zero-order valence-electron chi connectivity index (χ0n) is 17.7. The predicted octanol–water partition coefficient (Wildman–Crippen LogP) is 5.63. The lowest BCUT2D eigenvalue weighted by atomic mass is 9.87. The van der Waals surface area contributed by atoms with E-state index in [4.69, 9.17) is 9.73 Å². The van der Waals surface area contributed by atoms with Crippen LogP contribution in [0.2, 0.25) is 0 Å². The van der Waals surface area contributed by atoms with Crippen LogP contribution >= 0.6 is 0 Å². The number of carbonyl (C=O) groups excluding carboxylic acids is 1. The van der Waals surface area contributed by atoms with Gasteiger partial charge in [-0.3, -0.25) is 4.99 Å². The number of methoxy groups -OCH3 is 1. The molecule has 2 atom stereocenters. The molecule has 3 nitrogen and oxygen atoms in total. The van der Waals surface area contributed by atoms with E-state index in [0.29, 0.717) is 11.3 Å². The maximum atomic E-state index is 14.8. The first-order chi connectivity index (χ1) is 14.4. The van der Waals surface area contributed by atoms with Crippen molar-refractivity contribution in [2.24, 2.45) is 4.99 Å². The van der Waals surface area contributed by atoms with Crippen LogP contribution in [0.3, 0.4) is 0 Å². The molecule has 0 aliphatic rings. The number of hydrogen-bond acceptors (Lipinski definition) is 3. The summed E-state index contributed by atoms with van der Waals surface area (Å²) in [7, 11) is 1.34. The average molecular weight is 403 g/mol. The largest absolute Gasteiger partial charge is 0.467 e. The van der Waals surface area contributed by atoms with Crippen LogP contribution in [0.15, 0.2) is 77.8 Å². The van der Waals surface area contributed by atoms with Gasteiger partial charge < -0.3 is 4.74 Å². The third-order valence-electron chi connectivity index (χ3n) is 5.47. The second-order valence-electron chi connectivity index (χ2n) is 7.37. The molecule has 0 fully saturated rings. The van der Waals surface area contributed by atoms with Gasteiger partial charge in [-0.05, 0) is 36.6 Å². The van der Waals surface area contributed by atoms with Gasteiger partial charge in [-0.25, -0.2) is 9.18 Å². The molecule has 0 aliphatic heterocycles. The first kappa shape index (κ1) is 21.4. The van der Waals surface area contributed by atoms with Crippen LogP contribution in [-0.4, -0.2) is 24.8 Å². The third kappa shape index (κ3) is 4.48. The highest BCUT2D eigenvalue weighted by Crippen LogP contribution is 2.30. The van der Waals surface area contributed by atoms with Crippen molar-refractivity contribution in [3.8, 4) is 0 Å².